The van der Waals surface area contributed by atoms with Crippen LogP contribution >= 0.6 is 48.0 Å². The average Bonchev–Trinajstić information content (AvgIpc) is 3.70. The molecular weight excluding hydrogens is 748 g/mol. The van der Waals surface area contributed by atoms with Crippen molar-refractivity contribution >= 4 is 81.7 Å². The lowest BCUT2D eigenvalue weighted by molar-refractivity contribution is -0.136. The van der Waals surface area contributed by atoms with Crippen LogP contribution in [0.4, 0.5) is 0 Å². The highest BCUT2D eigenvalue weighted by atomic mass is 35.5. The molecule has 12 nitrogen and oxygen atoms in total. The Balaban J connectivity index is 0.00000281. The highest BCUT2D eigenvalue weighted by Gasteiger charge is 2.43. The summed E-state index contributed by atoms with van der Waals surface area (Å²) >= 11 is 13.3. The largest absolute Gasteiger partial charge is 0.485 e. The van der Waals surface area contributed by atoms with Gasteiger partial charge in [-0.2, -0.15) is 9.41 Å². The van der Waals surface area contributed by atoms with E-state index in [9.17, 15) is 18.0 Å². The number of hydrogen-bond donors (Lipinski definition) is 1. The molecule has 2 aliphatic heterocycles. The van der Waals surface area contributed by atoms with Crippen molar-refractivity contribution in [3.63, 3.8) is 0 Å². The summed E-state index contributed by atoms with van der Waals surface area (Å²) in [6, 6.07) is 12.5. The summed E-state index contributed by atoms with van der Waals surface area (Å²) in [6.07, 6.45) is 4.28. The van der Waals surface area contributed by atoms with Gasteiger partial charge in [-0.1, -0.05) is 35.3 Å². The predicted octanol–water partition coefficient (Wildman–Crippen LogP) is 5.11. The van der Waals surface area contributed by atoms with Gasteiger partial charge in [0.1, 0.15) is 17.5 Å². The summed E-state index contributed by atoms with van der Waals surface area (Å²) in [6.45, 7) is 5.18. The maximum absolute atomic E-state index is 14.1. The van der Waals surface area contributed by atoms with Gasteiger partial charge in [-0.25, -0.2) is 13.4 Å². The van der Waals surface area contributed by atoms with Crippen LogP contribution in [0.15, 0.2) is 64.7 Å². The van der Waals surface area contributed by atoms with Gasteiger partial charge in [-0.15, -0.1) is 24.8 Å². The Kier molecular flexibility index (Phi) is 12.7. The molecule has 0 saturated carbocycles. The van der Waals surface area contributed by atoms with Crippen molar-refractivity contribution in [2.45, 2.75) is 44.2 Å². The lowest BCUT2D eigenvalue weighted by Crippen LogP contribution is -2.55. The van der Waals surface area contributed by atoms with Crippen LogP contribution in [-0.2, 0) is 21.4 Å². The number of pyridine rings is 1. The van der Waals surface area contributed by atoms with Crippen molar-refractivity contribution in [3.05, 3.63) is 92.9 Å². The number of hydrazone groups is 1. The zero-order chi connectivity index (χ0) is 34.2. The maximum atomic E-state index is 14.1. The minimum atomic E-state index is -4.19. The number of ether oxygens (including phenoxy) is 1. The predicted molar refractivity (Wildman–Crippen MR) is 198 cm³/mol. The van der Waals surface area contributed by atoms with E-state index in [-0.39, 0.29) is 64.7 Å². The molecule has 2 fully saturated rings. The second-order valence-electron chi connectivity index (χ2n) is 11.8. The molecule has 4 heterocycles. The molecule has 4 aromatic rings. The fourth-order valence-corrected chi connectivity index (χ4v) is 8.68. The van der Waals surface area contributed by atoms with Crippen LogP contribution in [0, 0.1) is 13.8 Å². The number of carbonyl (C=O) groups excluding carboxylic acids is 2. The van der Waals surface area contributed by atoms with Crippen LogP contribution in [0.25, 0.3) is 5.65 Å². The number of sulfonamides is 1. The molecule has 0 unspecified atom stereocenters. The second-order valence-corrected chi connectivity index (χ2v) is 14.4. The van der Waals surface area contributed by atoms with Crippen LogP contribution in [0.1, 0.15) is 45.7 Å². The number of halogens is 4. The molecule has 2 aromatic heterocycles. The molecule has 0 bridgehead atoms. The first kappa shape index (κ1) is 39.2. The van der Waals surface area contributed by atoms with Crippen molar-refractivity contribution in [1.82, 2.24) is 23.5 Å². The molecule has 0 radical (unpaired) electrons. The van der Waals surface area contributed by atoms with Gasteiger partial charge in [0.2, 0.25) is 15.9 Å². The zero-order valence-corrected chi connectivity index (χ0v) is 31.3. The Bertz CT molecular complexity index is 2020. The van der Waals surface area contributed by atoms with Gasteiger partial charge < -0.3 is 24.8 Å². The van der Waals surface area contributed by atoms with E-state index < -0.39 is 16.1 Å². The van der Waals surface area contributed by atoms with Crippen LogP contribution in [0.5, 0.6) is 5.75 Å². The summed E-state index contributed by atoms with van der Waals surface area (Å²) in [7, 11) is -4.19. The molecule has 2 aromatic carbocycles. The molecule has 268 valence electrons. The number of aromatic nitrogens is 2. The van der Waals surface area contributed by atoms with Crippen molar-refractivity contribution in [2.75, 3.05) is 32.7 Å². The average molecular weight is 786 g/mol. The molecular formula is C33H37Cl4N7O5S. The Morgan fingerprint density at radius 2 is 1.68 bits per heavy atom. The molecule has 17 heteroatoms. The monoisotopic (exact) mass is 783 g/mol. The summed E-state index contributed by atoms with van der Waals surface area (Å²) in [4.78, 5) is 34.6. The Morgan fingerprint density at radius 1 is 1.00 bits per heavy atom. The summed E-state index contributed by atoms with van der Waals surface area (Å²) in [5.74, 6) is 5.25. The number of carbonyl (C=O) groups is 2. The quantitative estimate of drug-likeness (QED) is 0.149. The normalized spacial score (nSPS) is 16.8. The van der Waals surface area contributed by atoms with Crippen molar-refractivity contribution < 1.29 is 22.7 Å². The van der Waals surface area contributed by atoms with Crippen LogP contribution in [0.3, 0.4) is 0 Å². The molecule has 2 aliphatic rings. The Labute approximate surface area is 313 Å². The standard InChI is InChI=1S/C33H35Cl2N7O5S.2ClH/c1-21-22(2)41-13-4-6-28(31(41)38-21)47-20-25-26(34)11-12-29(30(25)35)48(45,46)42-14-3-5-27(42)33(44)40-17-15-39(16-18-40)32(43)24-9-7-23(8-10-24)19-37-36;;/h4,6-13,19,27H,3,5,14-18,20,36H2,1-2H3;2*1H/t27-;;/m0../s1. The SMILES string of the molecule is Cc1nc2c(OCc3c(Cl)ccc(S(=O)(=O)N4CCC[C@H]4C(=O)N4CCN(C(=O)c5ccc(C=NN)cc5)CC4)c3Cl)cccn2c1C.Cl.Cl. The maximum Gasteiger partial charge on any atom is 0.253 e. The highest BCUT2D eigenvalue weighted by molar-refractivity contribution is 7.89. The smallest absolute Gasteiger partial charge is 0.253 e. The molecule has 50 heavy (non-hydrogen) atoms. The molecule has 2 amide bonds. The number of imidazole rings is 1. The van der Waals surface area contributed by atoms with E-state index in [1.807, 2.05) is 30.5 Å². The molecule has 2 saturated heterocycles. The number of fused-ring (bicyclic) bond motifs is 1. The third-order valence-corrected chi connectivity index (χ3v) is 11.8. The molecule has 1 atom stereocenters. The Morgan fingerprint density at radius 3 is 2.36 bits per heavy atom. The van der Waals surface area contributed by atoms with E-state index in [0.29, 0.717) is 61.5 Å². The fourth-order valence-electron chi connectivity index (χ4n) is 6.17. The molecule has 6 rings (SSSR count). The summed E-state index contributed by atoms with van der Waals surface area (Å²) in [5, 5.41) is 3.68. The molecule has 0 aliphatic carbocycles. The van der Waals surface area contributed by atoms with E-state index >= 15 is 0 Å². The van der Waals surface area contributed by atoms with Crippen molar-refractivity contribution in [1.29, 1.82) is 0 Å². The second kappa shape index (κ2) is 16.2. The number of benzene rings is 2. The highest BCUT2D eigenvalue weighted by Crippen LogP contribution is 2.36. The number of hydrogen-bond acceptors (Lipinski definition) is 8. The third kappa shape index (κ3) is 7.53. The zero-order valence-electron chi connectivity index (χ0n) is 27.3. The first-order valence-electron chi connectivity index (χ1n) is 15.5. The summed E-state index contributed by atoms with van der Waals surface area (Å²) in [5.41, 5.74) is 4.07. The minimum Gasteiger partial charge on any atom is -0.485 e. The van der Waals surface area contributed by atoms with Gasteiger partial charge in [-0.05, 0) is 68.7 Å². The van der Waals surface area contributed by atoms with E-state index in [1.165, 1.54) is 22.7 Å². The van der Waals surface area contributed by atoms with Crippen LogP contribution in [-0.4, -0.2) is 88.7 Å². The third-order valence-electron chi connectivity index (χ3n) is 8.95. The van der Waals surface area contributed by atoms with Gasteiger partial charge in [-0.3, -0.25) is 9.59 Å². The van der Waals surface area contributed by atoms with E-state index in [0.717, 1.165) is 17.0 Å². The first-order chi connectivity index (χ1) is 23.0. The lowest BCUT2D eigenvalue weighted by Gasteiger charge is -2.37. The number of amides is 2. The van der Waals surface area contributed by atoms with Gasteiger partial charge in [0, 0.05) is 60.8 Å². The van der Waals surface area contributed by atoms with Gasteiger partial charge in [0.15, 0.2) is 11.4 Å². The number of aryl methyl sites for hydroxylation is 2. The Hall–Kier alpha value is -3.59. The van der Waals surface area contributed by atoms with E-state index in [1.54, 1.807) is 40.1 Å². The first-order valence-corrected chi connectivity index (χ1v) is 17.7. The van der Waals surface area contributed by atoms with Gasteiger partial charge in [0.05, 0.1) is 16.9 Å². The lowest BCUT2D eigenvalue weighted by atomic mass is 10.1. The van der Waals surface area contributed by atoms with Gasteiger partial charge in [0.25, 0.3) is 5.91 Å². The van der Waals surface area contributed by atoms with Crippen LogP contribution < -0.4 is 10.6 Å². The van der Waals surface area contributed by atoms with Gasteiger partial charge >= 0.3 is 0 Å². The number of nitrogens with zero attached hydrogens (tertiary/aromatic N) is 6. The minimum absolute atomic E-state index is 0. The fraction of sp³-hybridized carbons (Fsp3) is 0.333. The van der Waals surface area contributed by atoms with E-state index in [2.05, 4.69) is 10.1 Å². The molecule has 2 N–H and O–H groups in total. The van der Waals surface area contributed by atoms with Crippen LogP contribution in [0.2, 0.25) is 10.0 Å². The number of piperazine rings is 1. The van der Waals surface area contributed by atoms with E-state index in [4.69, 9.17) is 33.8 Å². The summed E-state index contributed by atoms with van der Waals surface area (Å²) < 4.78 is 37.4. The topological polar surface area (TPSA) is 143 Å². The van der Waals surface area contributed by atoms with Crippen molar-refractivity contribution in [3.8, 4) is 5.75 Å². The number of rotatable bonds is 8. The van der Waals surface area contributed by atoms with Crippen molar-refractivity contribution in [2.24, 2.45) is 10.9 Å². The molecule has 0 spiro atoms. The number of nitrogens with two attached hydrogens (primary N) is 1.